The molecule has 0 unspecified atom stereocenters. The second-order valence-corrected chi connectivity index (χ2v) is 7.22. The van der Waals surface area contributed by atoms with Crippen molar-refractivity contribution in [2.24, 2.45) is 0 Å². The molecule has 2 aromatic rings. The van der Waals surface area contributed by atoms with Gasteiger partial charge in [0.05, 0.1) is 11.4 Å². The number of benzene rings is 1. The van der Waals surface area contributed by atoms with Crippen LogP contribution in [-0.4, -0.2) is 33.2 Å². The maximum Gasteiger partial charge on any atom is 0.0605 e. The minimum Gasteiger partial charge on any atom is -0.371 e. The Morgan fingerprint density at radius 1 is 1.24 bits per heavy atom. The zero-order valence-electron chi connectivity index (χ0n) is 12.2. The standard InChI is InChI=1S/C16H20BrN3S/c1-19-8-9-20(16-5-3-2-4-15(16)19)7-6-18-11-14-10-13(17)12-21-14/h2-5,10,12,18H,6-9,11H2,1H3. The minimum absolute atomic E-state index is 0.950. The Balaban J connectivity index is 1.53. The van der Waals surface area contributed by atoms with Crippen molar-refractivity contribution in [1.29, 1.82) is 0 Å². The molecule has 0 amide bonds. The molecule has 0 bridgehead atoms. The van der Waals surface area contributed by atoms with Gasteiger partial charge in [-0.15, -0.1) is 11.3 Å². The Morgan fingerprint density at radius 3 is 2.81 bits per heavy atom. The van der Waals surface area contributed by atoms with Crippen molar-refractivity contribution in [2.75, 3.05) is 43.0 Å². The summed E-state index contributed by atoms with van der Waals surface area (Å²) in [6.45, 7) is 5.20. The van der Waals surface area contributed by atoms with Crippen LogP contribution in [0.2, 0.25) is 0 Å². The smallest absolute Gasteiger partial charge is 0.0605 e. The minimum atomic E-state index is 0.950. The molecule has 1 aromatic carbocycles. The van der Waals surface area contributed by atoms with Crippen LogP contribution in [0.5, 0.6) is 0 Å². The molecule has 0 saturated heterocycles. The summed E-state index contributed by atoms with van der Waals surface area (Å²) in [5.41, 5.74) is 2.69. The van der Waals surface area contributed by atoms with Gasteiger partial charge >= 0.3 is 0 Å². The largest absolute Gasteiger partial charge is 0.371 e. The van der Waals surface area contributed by atoms with Gasteiger partial charge in [0.25, 0.3) is 0 Å². The normalized spacial score (nSPS) is 14.4. The van der Waals surface area contributed by atoms with E-state index in [-0.39, 0.29) is 0 Å². The first kappa shape index (κ1) is 14.9. The summed E-state index contributed by atoms with van der Waals surface area (Å²) in [6.07, 6.45) is 0. The highest BCUT2D eigenvalue weighted by molar-refractivity contribution is 9.10. The van der Waals surface area contributed by atoms with E-state index in [0.717, 1.165) is 32.7 Å². The number of thiophene rings is 1. The van der Waals surface area contributed by atoms with E-state index in [1.54, 1.807) is 11.3 Å². The molecule has 1 aliphatic rings. The van der Waals surface area contributed by atoms with Gasteiger partial charge < -0.3 is 15.1 Å². The fourth-order valence-corrected chi connectivity index (χ4v) is 4.09. The van der Waals surface area contributed by atoms with Crippen molar-refractivity contribution < 1.29 is 0 Å². The summed E-state index contributed by atoms with van der Waals surface area (Å²) in [5, 5.41) is 5.67. The lowest BCUT2D eigenvalue weighted by molar-refractivity contribution is 0.650. The maximum atomic E-state index is 3.54. The molecule has 0 radical (unpaired) electrons. The van der Waals surface area contributed by atoms with Gasteiger partial charge in [-0.3, -0.25) is 0 Å². The maximum absolute atomic E-state index is 3.54. The van der Waals surface area contributed by atoms with E-state index in [4.69, 9.17) is 0 Å². The van der Waals surface area contributed by atoms with Gasteiger partial charge in [0.2, 0.25) is 0 Å². The van der Waals surface area contributed by atoms with E-state index in [2.05, 4.69) is 73.8 Å². The second kappa shape index (κ2) is 6.81. The summed E-state index contributed by atoms with van der Waals surface area (Å²) in [7, 11) is 2.17. The third kappa shape index (κ3) is 3.59. The monoisotopic (exact) mass is 365 g/mol. The van der Waals surface area contributed by atoms with E-state index in [1.807, 2.05) is 0 Å². The summed E-state index contributed by atoms with van der Waals surface area (Å²) >= 11 is 5.29. The van der Waals surface area contributed by atoms with Crippen molar-refractivity contribution in [3.63, 3.8) is 0 Å². The van der Waals surface area contributed by atoms with Crippen LogP contribution >= 0.6 is 27.3 Å². The first-order valence-corrected chi connectivity index (χ1v) is 8.90. The molecule has 112 valence electrons. The van der Waals surface area contributed by atoms with Crippen LogP contribution in [0.3, 0.4) is 0 Å². The molecular formula is C16H20BrN3S. The SMILES string of the molecule is CN1CCN(CCNCc2cc(Br)cs2)c2ccccc21. The number of rotatable bonds is 5. The third-order valence-corrected chi connectivity index (χ3v) is 5.52. The molecule has 5 heteroatoms. The molecule has 1 N–H and O–H groups in total. The first-order chi connectivity index (χ1) is 10.2. The molecule has 0 spiro atoms. The summed E-state index contributed by atoms with van der Waals surface area (Å²) < 4.78 is 1.18. The van der Waals surface area contributed by atoms with E-state index in [0.29, 0.717) is 0 Å². The van der Waals surface area contributed by atoms with Gasteiger partial charge in [-0.1, -0.05) is 12.1 Å². The van der Waals surface area contributed by atoms with Crippen LogP contribution in [0, 0.1) is 0 Å². The van der Waals surface area contributed by atoms with Crippen molar-refractivity contribution in [1.82, 2.24) is 5.32 Å². The Hall–Kier alpha value is -1.04. The summed E-state index contributed by atoms with van der Waals surface area (Å²) in [4.78, 5) is 6.19. The number of halogens is 1. The Morgan fingerprint density at radius 2 is 2.05 bits per heavy atom. The highest BCUT2D eigenvalue weighted by Gasteiger charge is 2.18. The number of para-hydroxylation sites is 2. The van der Waals surface area contributed by atoms with Gasteiger partial charge in [0, 0.05) is 54.5 Å². The van der Waals surface area contributed by atoms with Crippen LogP contribution in [0.15, 0.2) is 40.2 Å². The van der Waals surface area contributed by atoms with Crippen molar-refractivity contribution in [2.45, 2.75) is 6.54 Å². The average Bonchev–Trinajstić information content (AvgIpc) is 2.91. The molecule has 3 nitrogen and oxygen atoms in total. The zero-order valence-corrected chi connectivity index (χ0v) is 14.6. The van der Waals surface area contributed by atoms with Crippen molar-refractivity contribution in [3.05, 3.63) is 45.1 Å². The Labute approximate surface area is 138 Å². The molecule has 2 heterocycles. The molecule has 1 aromatic heterocycles. The molecule has 0 aliphatic carbocycles. The van der Waals surface area contributed by atoms with Crippen LogP contribution in [0.4, 0.5) is 11.4 Å². The van der Waals surface area contributed by atoms with E-state index in [1.165, 1.54) is 20.7 Å². The predicted molar refractivity (Wildman–Crippen MR) is 95.7 cm³/mol. The van der Waals surface area contributed by atoms with Crippen molar-refractivity contribution >= 4 is 38.6 Å². The van der Waals surface area contributed by atoms with Crippen LogP contribution in [-0.2, 0) is 6.54 Å². The van der Waals surface area contributed by atoms with E-state index < -0.39 is 0 Å². The third-order valence-electron chi connectivity index (χ3n) is 3.82. The quantitative estimate of drug-likeness (QED) is 0.817. The molecule has 0 atom stereocenters. The first-order valence-electron chi connectivity index (χ1n) is 7.23. The van der Waals surface area contributed by atoms with E-state index >= 15 is 0 Å². The summed E-state index contributed by atoms with van der Waals surface area (Å²) in [5.74, 6) is 0. The molecule has 1 aliphatic heterocycles. The van der Waals surface area contributed by atoms with Crippen LogP contribution in [0.1, 0.15) is 4.88 Å². The topological polar surface area (TPSA) is 18.5 Å². The lowest BCUT2D eigenvalue weighted by Crippen LogP contribution is -2.42. The molecule has 0 saturated carbocycles. The number of hydrogen-bond donors (Lipinski definition) is 1. The molecule has 21 heavy (non-hydrogen) atoms. The average molecular weight is 366 g/mol. The summed E-state index contributed by atoms with van der Waals surface area (Å²) in [6, 6.07) is 10.9. The van der Waals surface area contributed by atoms with Gasteiger partial charge in [0.1, 0.15) is 0 Å². The van der Waals surface area contributed by atoms with Gasteiger partial charge in [0.15, 0.2) is 0 Å². The number of nitrogens with one attached hydrogen (secondary N) is 1. The fourth-order valence-electron chi connectivity index (χ4n) is 2.67. The van der Waals surface area contributed by atoms with Gasteiger partial charge in [-0.2, -0.15) is 0 Å². The van der Waals surface area contributed by atoms with E-state index in [9.17, 15) is 0 Å². The Kier molecular flexibility index (Phi) is 4.83. The zero-order chi connectivity index (χ0) is 14.7. The van der Waals surface area contributed by atoms with Gasteiger partial charge in [-0.05, 0) is 34.1 Å². The number of anilines is 2. The number of nitrogens with zero attached hydrogens (tertiary/aromatic N) is 2. The van der Waals surface area contributed by atoms with Crippen LogP contribution < -0.4 is 15.1 Å². The van der Waals surface area contributed by atoms with Crippen LogP contribution in [0.25, 0.3) is 0 Å². The highest BCUT2D eigenvalue weighted by atomic mass is 79.9. The van der Waals surface area contributed by atoms with Crippen molar-refractivity contribution in [3.8, 4) is 0 Å². The number of fused-ring (bicyclic) bond motifs is 1. The van der Waals surface area contributed by atoms with Gasteiger partial charge in [-0.25, -0.2) is 0 Å². The molecular weight excluding hydrogens is 346 g/mol. The second-order valence-electron chi connectivity index (χ2n) is 5.31. The fraction of sp³-hybridized carbons (Fsp3) is 0.375. The molecule has 3 rings (SSSR count). The number of hydrogen-bond acceptors (Lipinski definition) is 4. The molecule has 0 fully saturated rings. The predicted octanol–water partition coefficient (Wildman–Crippen LogP) is 3.56. The highest BCUT2D eigenvalue weighted by Crippen LogP contribution is 2.31. The number of likely N-dealkylation sites (N-methyl/N-ethyl adjacent to an activating group) is 1. The lowest BCUT2D eigenvalue weighted by Gasteiger charge is -2.37. The lowest BCUT2D eigenvalue weighted by atomic mass is 10.2. The Bertz CT molecular complexity index is 599.